The van der Waals surface area contributed by atoms with Gasteiger partial charge in [0.1, 0.15) is 6.54 Å². The number of amides is 4. The molecule has 0 aromatic heterocycles. The number of nitrogens with one attached hydrogen (secondary N) is 2. The maximum atomic E-state index is 11.9. The number of hydrogen-bond acceptors (Lipinski definition) is 4. The Balaban J connectivity index is 2.04. The summed E-state index contributed by atoms with van der Waals surface area (Å²) in [7, 11) is 3.80. The van der Waals surface area contributed by atoms with Gasteiger partial charge >= 0.3 is 6.03 Å². The molecule has 1 aliphatic heterocycles. The molecule has 19 heavy (non-hydrogen) atoms. The van der Waals surface area contributed by atoms with E-state index < -0.39 is 17.8 Å². The van der Waals surface area contributed by atoms with Gasteiger partial charge in [-0.2, -0.15) is 0 Å². The van der Waals surface area contributed by atoms with Crippen LogP contribution in [-0.2, 0) is 4.79 Å². The fourth-order valence-electron chi connectivity index (χ4n) is 1.63. The standard InChI is InChI=1S/C12H14N4O3/c1-15(2)9-5-3-8(4-6-9)11(18)14-16-7-10(17)13-12(16)19/h3-6H,7H2,1-2H3,(H,14,18)(H,13,17,19). The van der Waals surface area contributed by atoms with Crippen molar-refractivity contribution in [2.24, 2.45) is 0 Å². The lowest BCUT2D eigenvalue weighted by Crippen LogP contribution is -2.44. The molecule has 7 heteroatoms. The first kappa shape index (κ1) is 12.9. The summed E-state index contributed by atoms with van der Waals surface area (Å²) < 4.78 is 0. The molecule has 1 aromatic rings. The highest BCUT2D eigenvalue weighted by molar-refractivity contribution is 6.04. The molecule has 100 valence electrons. The van der Waals surface area contributed by atoms with Gasteiger partial charge in [0.15, 0.2) is 0 Å². The molecule has 0 spiro atoms. The highest BCUT2D eigenvalue weighted by Crippen LogP contribution is 2.12. The first-order valence-corrected chi connectivity index (χ1v) is 5.67. The predicted molar refractivity (Wildman–Crippen MR) is 68.5 cm³/mol. The van der Waals surface area contributed by atoms with Crippen LogP contribution in [0.2, 0.25) is 0 Å². The summed E-state index contributed by atoms with van der Waals surface area (Å²) in [6.45, 7) is -0.166. The number of imide groups is 1. The number of anilines is 1. The monoisotopic (exact) mass is 262 g/mol. The molecule has 1 aliphatic rings. The van der Waals surface area contributed by atoms with Gasteiger partial charge in [-0.05, 0) is 24.3 Å². The van der Waals surface area contributed by atoms with Crippen LogP contribution in [0.25, 0.3) is 0 Å². The number of nitrogens with zero attached hydrogens (tertiary/aromatic N) is 2. The molecule has 0 atom stereocenters. The van der Waals surface area contributed by atoms with E-state index in [0.717, 1.165) is 10.7 Å². The van der Waals surface area contributed by atoms with Crippen LogP contribution in [0.3, 0.4) is 0 Å². The molecule has 0 bridgehead atoms. The maximum Gasteiger partial charge on any atom is 0.343 e. The Labute approximate surface area is 110 Å². The molecule has 0 radical (unpaired) electrons. The number of hydrazine groups is 1. The minimum absolute atomic E-state index is 0.166. The second-order valence-corrected chi connectivity index (χ2v) is 4.32. The van der Waals surface area contributed by atoms with Crippen molar-refractivity contribution in [2.45, 2.75) is 0 Å². The topological polar surface area (TPSA) is 81.8 Å². The summed E-state index contributed by atoms with van der Waals surface area (Å²) in [5.74, 6) is -0.872. The second kappa shape index (κ2) is 4.97. The van der Waals surface area contributed by atoms with Gasteiger partial charge in [0.25, 0.3) is 5.91 Å². The highest BCUT2D eigenvalue weighted by Gasteiger charge is 2.28. The number of carbonyl (C=O) groups excluding carboxylic acids is 3. The smallest absolute Gasteiger partial charge is 0.343 e. The van der Waals surface area contributed by atoms with Crippen molar-refractivity contribution < 1.29 is 14.4 Å². The first-order chi connectivity index (χ1) is 8.97. The maximum absolute atomic E-state index is 11.9. The minimum atomic E-state index is -0.622. The number of rotatable bonds is 3. The van der Waals surface area contributed by atoms with Gasteiger partial charge in [0.2, 0.25) is 5.91 Å². The largest absolute Gasteiger partial charge is 0.378 e. The molecule has 0 aliphatic carbocycles. The third kappa shape index (κ3) is 2.82. The second-order valence-electron chi connectivity index (χ2n) is 4.32. The minimum Gasteiger partial charge on any atom is -0.378 e. The number of hydrogen-bond donors (Lipinski definition) is 2. The third-order valence-electron chi connectivity index (χ3n) is 2.68. The lowest BCUT2D eigenvalue weighted by atomic mass is 10.2. The van der Waals surface area contributed by atoms with E-state index in [1.54, 1.807) is 24.3 Å². The van der Waals surface area contributed by atoms with Crippen molar-refractivity contribution in [1.29, 1.82) is 0 Å². The Bertz CT molecular complexity index is 524. The molecule has 7 nitrogen and oxygen atoms in total. The summed E-state index contributed by atoms with van der Waals surface area (Å²) in [4.78, 5) is 36.0. The van der Waals surface area contributed by atoms with Gasteiger partial charge in [-0.15, -0.1) is 0 Å². The van der Waals surface area contributed by atoms with E-state index in [4.69, 9.17) is 0 Å². The van der Waals surface area contributed by atoms with Crippen LogP contribution in [0, 0.1) is 0 Å². The summed E-state index contributed by atoms with van der Waals surface area (Å²) >= 11 is 0. The van der Waals surface area contributed by atoms with E-state index in [1.165, 1.54) is 0 Å². The average molecular weight is 262 g/mol. The van der Waals surface area contributed by atoms with Gasteiger partial charge < -0.3 is 4.90 Å². The van der Waals surface area contributed by atoms with Crippen LogP contribution in [0.5, 0.6) is 0 Å². The van der Waals surface area contributed by atoms with E-state index >= 15 is 0 Å². The summed E-state index contributed by atoms with van der Waals surface area (Å²) in [6, 6.07) is 6.28. The molecule has 1 saturated heterocycles. The Morgan fingerprint density at radius 1 is 1.26 bits per heavy atom. The molecule has 2 N–H and O–H groups in total. The van der Waals surface area contributed by atoms with Crippen LogP contribution in [0.4, 0.5) is 10.5 Å². The average Bonchev–Trinajstić information content (AvgIpc) is 2.68. The number of carbonyl (C=O) groups is 3. The Hall–Kier alpha value is -2.57. The first-order valence-electron chi connectivity index (χ1n) is 5.67. The van der Waals surface area contributed by atoms with Crippen LogP contribution in [-0.4, -0.2) is 43.5 Å². The van der Waals surface area contributed by atoms with E-state index in [0.29, 0.717) is 5.56 Å². The van der Waals surface area contributed by atoms with E-state index in [2.05, 4.69) is 10.7 Å². The van der Waals surface area contributed by atoms with Crippen LogP contribution in [0.15, 0.2) is 24.3 Å². The number of benzene rings is 1. The van der Waals surface area contributed by atoms with Crippen molar-refractivity contribution >= 4 is 23.5 Å². The van der Waals surface area contributed by atoms with Gasteiger partial charge in [-0.25, -0.2) is 9.80 Å². The third-order valence-corrected chi connectivity index (χ3v) is 2.68. The van der Waals surface area contributed by atoms with Crippen molar-refractivity contribution in [1.82, 2.24) is 15.8 Å². The van der Waals surface area contributed by atoms with E-state index in [9.17, 15) is 14.4 Å². The van der Waals surface area contributed by atoms with Crippen molar-refractivity contribution in [3.05, 3.63) is 29.8 Å². The summed E-state index contributed by atoms with van der Waals surface area (Å²) in [5.41, 5.74) is 3.75. The predicted octanol–water partition coefficient (Wildman–Crippen LogP) is -0.0508. The SMILES string of the molecule is CN(C)c1ccc(C(=O)NN2CC(=O)NC2=O)cc1. The normalized spacial score (nSPS) is 14.3. The molecule has 0 saturated carbocycles. The quantitative estimate of drug-likeness (QED) is 0.748. The lowest BCUT2D eigenvalue weighted by molar-refractivity contribution is -0.118. The molecule has 1 fully saturated rings. The fraction of sp³-hybridized carbons (Fsp3) is 0.250. The summed E-state index contributed by atoms with van der Waals surface area (Å²) in [6.07, 6.45) is 0. The number of urea groups is 1. The van der Waals surface area contributed by atoms with Crippen molar-refractivity contribution in [3.8, 4) is 0 Å². The van der Waals surface area contributed by atoms with Crippen LogP contribution < -0.4 is 15.6 Å². The van der Waals surface area contributed by atoms with Crippen LogP contribution in [0.1, 0.15) is 10.4 Å². The van der Waals surface area contributed by atoms with Gasteiger partial charge in [0, 0.05) is 25.3 Å². The summed E-state index contributed by atoms with van der Waals surface area (Å²) in [5, 5.41) is 3.02. The van der Waals surface area contributed by atoms with Gasteiger partial charge in [-0.3, -0.25) is 20.3 Å². The molecule has 2 rings (SSSR count). The lowest BCUT2D eigenvalue weighted by Gasteiger charge is -2.15. The highest BCUT2D eigenvalue weighted by atomic mass is 16.2. The Morgan fingerprint density at radius 2 is 1.89 bits per heavy atom. The fourth-order valence-corrected chi connectivity index (χ4v) is 1.63. The van der Waals surface area contributed by atoms with Gasteiger partial charge in [-0.1, -0.05) is 0 Å². The molecular weight excluding hydrogens is 248 g/mol. The van der Waals surface area contributed by atoms with Gasteiger partial charge in [0.05, 0.1) is 0 Å². The molecule has 0 unspecified atom stereocenters. The zero-order chi connectivity index (χ0) is 14.0. The Morgan fingerprint density at radius 3 is 2.37 bits per heavy atom. The molecule has 1 heterocycles. The van der Waals surface area contributed by atoms with Crippen molar-refractivity contribution in [3.63, 3.8) is 0 Å². The zero-order valence-corrected chi connectivity index (χ0v) is 10.6. The molecule has 1 aromatic carbocycles. The zero-order valence-electron chi connectivity index (χ0n) is 10.6. The van der Waals surface area contributed by atoms with Crippen LogP contribution >= 0.6 is 0 Å². The van der Waals surface area contributed by atoms with Crippen molar-refractivity contribution in [2.75, 3.05) is 25.5 Å². The van der Waals surface area contributed by atoms with E-state index in [-0.39, 0.29) is 6.54 Å². The molecular formula is C12H14N4O3. The Kier molecular flexibility index (Phi) is 3.37. The van der Waals surface area contributed by atoms with E-state index in [1.807, 2.05) is 19.0 Å². The molecule has 4 amide bonds.